The molecule has 0 aromatic rings. The highest BCUT2D eigenvalue weighted by Crippen LogP contribution is 2.17. The van der Waals surface area contributed by atoms with Gasteiger partial charge in [0.25, 0.3) is 0 Å². The van der Waals surface area contributed by atoms with Gasteiger partial charge in [0.2, 0.25) is 5.91 Å². The molecule has 1 fully saturated rings. The number of nitrogens with one attached hydrogen (secondary N) is 2. The number of ether oxygens (including phenoxy) is 1. The summed E-state index contributed by atoms with van der Waals surface area (Å²) < 4.78 is 5.16. The number of hydrogen-bond donors (Lipinski definition) is 2. The van der Waals surface area contributed by atoms with Crippen LogP contribution in [0.25, 0.3) is 0 Å². The molecular formula is C12H25ClN2O2. The second-order valence-electron chi connectivity index (χ2n) is 4.28. The molecule has 0 aliphatic carbocycles. The average Bonchev–Trinajstić information content (AvgIpc) is 2.33. The third-order valence-corrected chi connectivity index (χ3v) is 3.01. The third-order valence-electron chi connectivity index (χ3n) is 3.01. The van der Waals surface area contributed by atoms with E-state index in [2.05, 4.69) is 10.6 Å². The van der Waals surface area contributed by atoms with E-state index in [1.807, 2.05) is 6.92 Å². The van der Waals surface area contributed by atoms with Gasteiger partial charge in [0.15, 0.2) is 0 Å². The Morgan fingerprint density at radius 3 is 2.76 bits per heavy atom. The molecule has 0 aromatic carbocycles. The highest BCUT2D eigenvalue weighted by atomic mass is 35.5. The molecule has 102 valence electrons. The van der Waals surface area contributed by atoms with Crippen molar-refractivity contribution in [2.45, 2.75) is 32.6 Å². The van der Waals surface area contributed by atoms with Crippen LogP contribution in [0.15, 0.2) is 0 Å². The number of piperidine rings is 1. The topological polar surface area (TPSA) is 50.4 Å². The molecule has 4 nitrogen and oxygen atoms in total. The zero-order valence-corrected chi connectivity index (χ0v) is 11.5. The SMILES string of the molecule is CCOCCNC(=O)CCC1CCNCC1.Cl. The molecule has 0 spiro atoms. The number of hydrogen-bond acceptors (Lipinski definition) is 3. The van der Waals surface area contributed by atoms with E-state index < -0.39 is 0 Å². The Morgan fingerprint density at radius 1 is 1.41 bits per heavy atom. The fourth-order valence-electron chi connectivity index (χ4n) is 2.00. The lowest BCUT2D eigenvalue weighted by molar-refractivity contribution is -0.121. The lowest BCUT2D eigenvalue weighted by atomic mass is 9.93. The van der Waals surface area contributed by atoms with Crippen molar-refractivity contribution in [2.75, 3.05) is 32.8 Å². The second-order valence-corrected chi connectivity index (χ2v) is 4.28. The van der Waals surface area contributed by atoms with Gasteiger partial charge < -0.3 is 15.4 Å². The maximum absolute atomic E-state index is 11.5. The average molecular weight is 265 g/mol. The van der Waals surface area contributed by atoms with Crippen molar-refractivity contribution in [1.82, 2.24) is 10.6 Å². The molecule has 5 heteroatoms. The maximum atomic E-state index is 11.5. The van der Waals surface area contributed by atoms with Crippen molar-refractivity contribution in [3.05, 3.63) is 0 Å². The van der Waals surface area contributed by atoms with Gasteiger partial charge in [-0.05, 0) is 45.2 Å². The molecule has 17 heavy (non-hydrogen) atoms. The van der Waals surface area contributed by atoms with E-state index in [1.54, 1.807) is 0 Å². The lowest BCUT2D eigenvalue weighted by Crippen LogP contribution is -2.30. The lowest BCUT2D eigenvalue weighted by Gasteiger charge is -2.22. The van der Waals surface area contributed by atoms with E-state index in [0.29, 0.717) is 26.2 Å². The molecule has 0 atom stereocenters. The quantitative estimate of drug-likeness (QED) is 0.683. The van der Waals surface area contributed by atoms with Gasteiger partial charge in [0.1, 0.15) is 0 Å². The molecule has 1 saturated heterocycles. The van der Waals surface area contributed by atoms with Crippen molar-refractivity contribution in [3.8, 4) is 0 Å². The minimum absolute atomic E-state index is 0. The predicted octanol–water partition coefficient (Wildman–Crippen LogP) is 1.34. The van der Waals surface area contributed by atoms with Crippen LogP contribution < -0.4 is 10.6 Å². The van der Waals surface area contributed by atoms with Gasteiger partial charge in [0.05, 0.1) is 6.61 Å². The van der Waals surface area contributed by atoms with Crippen LogP contribution >= 0.6 is 12.4 Å². The maximum Gasteiger partial charge on any atom is 0.220 e. The van der Waals surface area contributed by atoms with Crippen molar-refractivity contribution in [1.29, 1.82) is 0 Å². The Kier molecular flexibility index (Phi) is 10.6. The van der Waals surface area contributed by atoms with Gasteiger partial charge >= 0.3 is 0 Å². The molecule has 0 saturated carbocycles. The summed E-state index contributed by atoms with van der Waals surface area (Å²) in [7, 11) is 0. The monoisotopic (exact) mass is 264 g/mol. The summed E-state index contributed by atoms with van der Waals surface area (Å²) in [5.74, 6) is 0.900. The standard InChI is InChI=1S/C12H24N2O2.ClH/c1-2-16-10-9-14-12(15)4-3-11-5-7-13-8-6-11;/h11,13H,2-10H2,1H3,(H,14,15);1H. The summed E-state index contributed by atoms with van der Waals surface area (Å²) >= 11 is 0. The minimum Gasteiger partial charge on any atom is -0.380 e. The van der Waals surface area contributed by atoms with Gasteiger partial charge in [-0.15, -0.1) is 12.4 Å². The van der Waals surface area contributed by atoms with E-state index in [0.717, 1.165) is 25.4 Å². The fourth-order valence-corrected chi connectivity index (χ4v) is 2.00. The first kappa shape index (κ1) is 16.7. The molecule has 2 N–H and O–H groups in total. The molecule has 1 amide bonds. The van der Waals surface area contributed by atoms with Crippen LogP contribution in [0.1, 0.15) is 32.6 Å². The van der Waals surface area contributed by atoms with E-state index in [1.165, 1.54) is 12.8 Å². The summed E-state index contributed by atoms with van der Waals surface area (Å²) in [6, 6.07) is 0. The summed E-state index contributed by atoms with van der Waals surface area (Å²) in [5.41, 5.74) is 0. The van der Waals surface area contributed by atoms with Crippen LogP contribution in [0.5, 0.6) is 0 Å². The van der Waals surface area contributed by atoms with Crippen LogP contribution in [0.4, 0.5) is 0 Å². The Bertz CT molecular complexity index is 197. The highest BCUT2D eigenvalue weighted by Gasteiger charge is 2.14. The van der Waals surface area contributed by atoms with Crippen LogP contribution in [-0.2, 0) is 9.53 Å². The Balaban J connectivity index is 0.00000256. The van der Waals surface area contributed by atoms with E-state index >= 15 is 0 Å². The Hall–Kier alpha value is -0.320. The molecule has 0 unspecified atom stereocenters. The van der Waals surface area contributed by atoms with Crippen molar-refractivity contribution in [2.24, 2.45) is 5.92 Å². The van der Waals surface area contributed by atoms with E-state index in [-0.39, 0.29) is 18.3 Å². The summed E-state index contributed by atoms with van der Waals surface area (Å²) in [4.78, 5) is 11.5. The molecule has 1 heterocycles. The number of amides is 1. The van der Waals surface area contributed by atoms with E-state index in [9.17, 15) is 4.79 Å². The minimum atomic E-state index is 0. The number of carbonyl (C=O) groups excluding carboxylic acids is 1. The Labute approximate surface area is 110 Å². The van der Waals surface area contributed by atoms with Crippen LogP contribution in [0, 0.1) is 5.92 Å². The third kappa shape index (κ3) is 8.41. The van der Waals surface area contributed by atoms with Crippen LogP contribution in [0.2, 0.25) is 0 Å². The summed E-state index contributed by atoms with van der Waals surface area (Å²) in [5, 5.41) is 6.21. The van der Waals surface area contributed by atoms with E-state index in [4.69, 9.17) is 4.74 Å². The van der Waals surface area contributed by atoms with Crippen molar-refractivity contribution >= 4 is 18.3 Å². The largest absolute Gasteiger partial charge is 0.380 e. The summed E-state index contributed by atoms with van der Waals surface area (Å²) in [6.45, 7) is 6.14. The number of halogens is 1. The molecule has 1 aliphatic rings. The second kappa shape index (κ2) is 10.8. The first-order valence-electron chi connectivity index (χ1n) is 6.38. The number of rotatable bonds is 7. The molecule has 0 radical (unpaired) electrons. The Morgan fingerprint density at radius 2 is 2.12 bits per heavy atom. The first-order chi connectivity index (χ1) is 7.83. The van der Waals surface area contributed by atoms with Gasteiger partial charge in [-0.25, -0.2) is 0 Å². The zero-order chi connectivity index (χ0) is 11.6. The zero-order valence-electron chi connectivity index (χ0n) is 10.7. The van der Waals surface area contributed by atoms with Gasteiger partial charge in [-0.2, -0.15) is 0 Å². The van der Waals surface area contributed by atoms with Gasteiger partial charge in [-0.3, -0.25) is 4.79 Å². The van der Waals surface area contributed by atoms with Crippen LogP contribution in [-0.4, -0.2) is 38.8 Å². The van der Waals surface area contributed by atoms with Gasteiger partial charge in [0, 0.05) is 19.6 Å². The molecule has 1 rings (SSSR count). The molecular weight excluding hydrogens is 240 g/mol. The van der Waals surface area contributed by atoms with Gasteiger partial charge in [-0.1, -0.05) is 0 Å². The number of carbonyl (C=O) groups is 1. The van der Waals surface area contributed by atoms with Crippen molar-refractivity contribution < 1.29 is 9.53 Å². The van der Waals surface area contributed by atoms with Crippen LogP contribution in [0.3, 0.4) is 0 Å². The normalized spacial score (nSPS) is 16.3. The fraction of sp³-hybridized carbons (Fsp3) is 0.917. The molecule has 0 aromatic heterocycles. The van der Waals surface area contributed by atoms with Crippen molar-refractivity contribution in [3.63, 3.8) is 0 Å². The first-order valence-corrected chi connectivity index (χ1v) is 6.38. The molecule has 0 bridgehead atoms. The predicted molar refractivity (Wildman–Crippen MR) is 71.6 cm³/mol. The summed E-state index contributed by atoms with van der Waals surface area (Å²) in [6.07, 6.45) is 4.12. The smallest absolute Gasteiger partial charge is 0.220 e. The molecule has 1 aliphatic heterocycles. The highest BCUT2D eigenvalue weighted by molar-refractivity contribution is 5.85.